The number of nitrogens with zero attached hydrogens (tertiary/aromatic N) is 3. The summed E-state index contributed by atoms with van der Waals surface area (Å²) in [5, 5.41) is 3.60. The third-order valence-electron chi connectivity index (χ3n) is 5.47. The lowest BCUT2D eigenvalue weighted by Gasteiger charge is -2.31. The van der Waals surface area contributed by atoms with Crippen molar-refractivity contribution in [1.29, 1.82) is 0 Å². The SMILES string of the molecule is CN=C(NCCN(C(C)C)C(C)C)N1CC2CCCCC2C1.I. The minimum absolute atomic E-state index is 0. The molecule has 2 aliphatic rings. The lowest BCUT2D eigenvalue weighted by Crippen LogP contribution is -2.46. The molecule has 0 radical (unpaired) electrons. The third kappa shape index (κ3) is 5.76. The van der Waals surface area contributed by atoms with E-state index in [1.54, 1.807) is 0 Å². The average molecular weight is 436 g/mol. The maximum Gasteiger partial charge on any atom is 0.193 e. The Morgan fingerprint density at radius 3 is 2.04 bits per heavy atom. The molecule has 0 bridgehead atoms. The van der Waals surface area contributed by atoms with Gasteiger partial charge in [0, 0.05) is 45.3 Å². The molecule has 1 aliphatic carbocycles. The molecule has 0 aromatic carbocycles. The highest BCUT2D eigenvalue weighted by molar-refractivity contribution is 14.0. The van der Waals surface area contributed by atoms with E-state index in [2.05, 4.69) is 47.8 Å². The van der Waals surface area contributed by atoms with Crippen LogP contribution in [0, 0.1) is 11.8 Å². The van der Waals surface area contributed by atoms with Crippen LogP contribution >= 0.6 is 24.0 Å². The average Bonchev–Trinajstić information content (AvgIpc) is 2.90. The van der Waals surface area contributed by atoms with Crippen LogP contribution in [0.2, 0.25) is 0 Å². The van der Waals surface area contributed by atoms with Crippen molar-refractivity contribution in [3.8, 4) is 0 Å². The fourth-order valence-corrected chi connectivity index (χ4v) is 4.32. The van der Waals surface area contributed by atoms with Crippen LogP contribution in [0.3, 0.4) is 0 Å². The van der Waals surface area contributed by atoms with Gasteiger partial charge in [0.25, 0.3) is 0 Å². The highest BCUT2D eigenvalue weighted by atomic mass is 127. The van der Waals surface area contributed by atoms with Crippen LogP contribution in [0.4, 0.5) is 0 Å². The Morgan fingerprint density at radius 2 is 1.61 bits per heavy atom. The third-order valence-corrected chi connectivity index (χ3v) is 5.47. The van der Waals surface area contributed by atoms with Gasteiger partial charge in [0.1, 0.15) is 0 Å². The summed E-state index contributed by atoms with van der Waals surface area (Å²) in [7, 11) is 1.92. The van der Waals surface area contributed by atoms with Crippen molar-refractivity contribution in [2.24, 2.45) is 16.8 Å². The van der Waals surface area contributed by atoms with Crippen molar-refractivity contribution < 1.29 is 0 Å². The van der Waals surface area contributed by atoms with Crippen molar-refractivity contribution in [3.63, 3.8) is 0 Å². The first-order chi connectivity index (χ1) is 10.5. The van der Waals surface area contributed by atoms with Gasteiger partial charge < -0.3 is 10.2 Å². The fourth-order valence-electron chi connectivity index (χ4n) is 4.32. The molecule has 0 spiro atoms. The van der Waals surface area contributed by atoms with E-state index < -0.39 is 0 Å². The highest BCUT2D eigenvalue weighted by Gasteiger charge is 2.35. The Bertz CT molecular complexity index is 348. The maximum atomic E-state index is 4.53. The fraction of sp³-hybridized carbons (Fsp3) is 0.944. The van der Waals surface area contributed by atoms with Crippen molar-refractivity contribution in [2.75, 3.05) is 33.2 Å². The molecule has 1 saturated heterocycles. The molecule has 1 saturated carbocycles. The number of aliphatic imine (C=N–C) groups is 1. The van der Waals surface area contributed by atoms with Crippen LogP contribution in [-0.4, -0.2) is 61.1 Å². The predicted octanol–water partition coefficient (Wildman–Crippen LogP) is 3.42. The number of fused-ring (bicyclic) bond motifs is 1. The largest absolute Gasteiger partial charge is 0.355 e. The molecule has 0 aromatic rings. The van der Waals surface area contributed by atoms with Gasteiger partial charge in [-0.1, -0.05) is 12.8 Å². The molecule has 2 atom stereocenters. The first-order valence-corrected chi connectivity index (χ1v) is 9.24. The molecule has 23 heavy (non-hydrogen) atoms. The summed E-state index contributed by atoms with van der Waals surface area (Å²) in [6, 6.07) is 1.19. The van der Waals surface area contributed by atoms with Crippen molar-refractivity contribution in [1.82, 2.24) is 15.1 Å². The Labute approximate surface area is 160 Å². The molecule has 2 fully saturated rings. The molecular weight excluding hydrogens is 399 g/mol. The summed E-state index contributed by atoms with van der Waals surface area (Å²) >= 11 is 0. The zero-order chi connectivity index (χ0) is 16.1. The van der Waals surface area contributed by atoms with E-state index >= 15 is 0 Å². The van der Waals surface area contributed by atoms with Gasteiger partial charge in [0.2, 0.25) is 0 Å². The zero-order valence-corrected chi connectivity index (χ0v) is 18.0. The topological polar surface area (TPSA) is 30.9 Å². The molecule has 136 valence electrons. The van der Waals surface area contributed by atoms with Crippen LogP contribution in [0.25, 0.3) is 0 Å². The standard InChI is InChI=1S/C18H36N4.HI/c1-14(2)22(15(3)4)11-10-20-18(19-5)21-12-16-8-6-7-9-17(16)13-21;/h14-17H,6-13H2,1-5H3,(H,19,20);1H. The van der Waals surface area contributed by atoms with E-state index in [1.807, 2.05) is 7.05 Å². The number of nitrogens with one attached hydrogen (secondary N) is 1. The number of hydrogen-bond acceptors (Lipinski definition) is 2. The molecule has 1 aliphatic heterocycles. The molecule has 4 nitrogen and oxygen atoms in total. The number of halogens is 1. The van der Waals surface area contributed by atoms with Gasteiger partial charge in [-0.2, -0.15) is 0 Å². The summed E-state index contributed by atoms with van der Waals surface area (Å²) in [6.45, 7) is 13.6. The van der Waals surface area contributed by atoms with Gasteiger partial charge in [-0.3, -0.25) is 9.89 Å². The van der Waals surface area contributed by atoms with Crippen LogP contribution < -0.4 is 5.32 Å². The van der Waals surface area contributed by atoms with Gasteiger partial charge in [-0.15, -0.1) is 24.0 Å². The van der Waals surface area contributed by atoms with Crippen molar-refractivity contribution >= 4 is 29.9 Å². The Hall–Kier alpha value is -0.0400. The number of guanidine groups is 1. The van der Waals surface area contributed by atoms with Crippen molar-refractivity contribution in [2.45, 2.75) is 65.5 Å². The minimum Gasteiger partial charge on any atom is -0.355 e. The summed E-state index contributed by atoms with van der Waals surface area (Å²) in [5.41, 5.74) is 0. The Morgan fingerprint density at radius 1 is 1.09 bits per heavy atom. The smallest absolute Gasteiger partial charge is 0.193 e. The van der Waals surface area contributed by atoms with E-state index in [0.29, 0.717) is 12.1 Å². The van der Waals surface area contributed by atoms with E-state index in [9.17, 15) is 0 Å². The summed E-state index contributed by atoms with van der Waals surface area (Å²) in [5.74, 6) is 2.94. The van der Waals surface area contributed by atoms with Crippen LogP contribution in [0.5, 0.6) is 0 Å². The molecule has 2 unspecified atom stereocenters. The monoisotopic (exact) mass is 436 g/mol. The summed E-state index contributed by atoms with van der Waals surface area (Å²) in [6.07, 6.45) is 5.71. The quantitative estimate of drug-likeness (QED) is 0.407. The van der Waals surface area contributed by atoms with Gasteiger partial charge in [-0.25, -0.2) is 0 Å². The molecule has 2 rings (SSSR count). The number of hydrogen-bond donors (Lipinski definition) is 1. The zero-order valence-electron chi connectivity index (χ0n) is 15.7. The van der Waals surface area contributed by atoms with Gasteiger partial charge >= 0.3 is 0 Å². The first kappa shape index (κ1) is 21.0. The second kappa shape index (κ2) is 10.1. The lowest BCUT2D eigenvalue weighted by atomic mass is 9.82. The molecule has 0 aromatic heterocycles. The van der Waals surface area contributed by atoms with E-state index in [1.165, 1.54) is 38.8 Å². The highest BCUT2D eigenvalue weighted by Crippen LogP contribution is 2.35. The summed E-state index contributed by atoms with van der Waals surface area (Å²) < 4.78 is 0. The molecule has 5 heteroatoms. The van der Waals surface area contributed by atoms with E-state index in [-0.39, 0.29) is 24.0 Å². The Kier molecular flexibility index (Phi) is 9.19. The molecular formula is C18H37IN4. The number of likely N-dealkylation sites (tertiary alicyclic amines) is 1. The van der Waals surface area contributed by atoms with Crippen LogP contribution in [0.15, 0.2) is 4.99 Å². The van der Waals surface area contributed by atoms with E-state index in [0.717, 1.165) is 30.9 Å². The second-order valence-corrected chi connectivity index (χ2v) is 7.61. The molecule has 1 heterocycles. The van der Waals surface area contributed by atoms with Gasteiger partial charge in [-0.05, 0) is 52.4 Å². The summed E-state index contributed by atoms with van der Waals surface area (Å²) in [4.78, 5) is 9.56. The lowest BCUT2D eigenvalue weighted by molar-refractivity contribution is 0.178. The second-order valence-electron chi connectivity index (χ2n) is 7.61. The molecule has 0 amide bonds. The van der Waals surface area contributed by atoms with Crippen molar-refractivity contribution in [3.05, 3.63) is 0 Å². The normalized spacial score (nSPS) is 25.0. The van der Waals surface area contributed by atoms with Crippen LogP contribution in [-0.2, 0) is 0 Å². The molecule has 1 N–H and O–H groups in total. The van der Waals surface area contributed by atoms with Crippen LogP contribution in [0.1, 0.15) is 53.4 Å². The minimum atomic E-state index is 0. The Balaban J connectivity index is 0.00000264. The number of rotatable bonds is 5. The van der Waals surface area contributed by atoms with E-state index in [4.69, 9.17) is 0 Å². The maximum absolute atomic E-state index is 4.53. The predicted molar refractivity (Wildman–Crippen MR) is 111 cm³/mol. The van der Waals surface area contributed by atoms with Gasteiger partial charge in [0.15, 0.2) is 5.96 Å². The van der Waals surface area contributed by atoms with Gasteiger partial charge in [0.05, 0.1) is 0 Å². The first-order valence-electron chi connectivity index (χ1n) is 9.24.